The molecular weight excluding hydrogens is 382 g/mol. The van der Waals surface area contributed by atoms with E-state index in [1.165, 1.54) is 12.2 Å². The molecule has 0 unspecified atom stereocenters. The number of aliphatic hydroxyl groups is 1. The molecule has 168 valence electrons. The standard InChI is InChI=1S/C20H35NO8/c1-3-6-19(23)28-17-15-26-13-11-25-12-14-27-16-18-29-20(24)7-9-21(2)8-4-5-10-22/h3,6-7,9,22H,4-5,8,10-18H2,1-2H3/b6-3+,9-7+. The van der Waals surface area contributed by atoms with Crippen molar-refractivity contribution in [2.24, 2.45) is 0 Å². The Morgan fingerprint density at radius 3 is 1.76 bits per heavy atom. The second kappa shape index (κ2) is 20.8. The molecule has 0 amide bonds. The van der Waals surface area contributed by atoms with Gasteiger partial charge in [-0.1, -0.05) is 6.08 Å². The summed E-state index contributed by atoms with van der Waals surface area (Å²) >= 11 is 0. The summed E-state index contributed by atoms with van der Waals surface area (Å²) in [6.45, 7) is 5.30. The van der Waals surface area contributed by atoms with E-state index < -0.39 is 5.97 Å². The van der Waals surface area contributed by atoms with Crippen LogP contribution in [0.15, 0.2) is 24.4 Å². The monoisotopic (exact) mass is 417 g/mol. The molecular formula is C20H35NO8. The molecule has 0 aliphatic carbocycles. The number of nitrogens with zero attached hydrogens (tertiary/aromatic N) is 1. The van der Waals surface area contributed by atoms with E-state index in [0.717, 1.165) is 19.4 Å². The molecule has 29 heavy (non-hydrogen) atoms. The lowest BCUT2D eigenvalue weighted by atomic mass is 10.3. The fourth-order valence-corrected chi connectivity index (χ4v) is 1.91. The zero-order valence-corrected chi connectivity index (χ0v) is 17.5. The van der Waals surface area contributed by atoms with Crippen LogP contribution in [0.5, 0.6) is 0 Å². The first kappa shape index (κ1) is 27.1. The Balaban J connectivity index is 3.36. The highest BCUT2D eigenvalue weighted by Gasteiger charge is 1.99. The smallest absolute Gasteiger partial charge is 0.332 e. The van der Waals surface area contributed by atoms with E-state index in [4.69, 9.17) is 28.8 Å². The number of hydrogen-bond donors (Lipinski definition) is 1. The minimum Gasteiger partial charge on any atom is -0.460 e. The van der Waals surface area contributed by atoms with Gasteiger partial charge in [0.05, 0.1) is 39.6 Å². The molecule has 9 heteroatoms. The number of hydrogen-bond acceptors (Lipinski definition) is 9. The van der Waals surface area contributed by atoms with Crippen LogP contribution in [0.4, 0.5) is 0 Å². The molecule has 0 spiro atoms. The van der Waals surface area contributed by atoms with Gasteiger partial charge in [-0.2, -0.15) is 0 Å². The van der Waals surface area contributed by atoms with E-state index in [9.17, 15) is 9.59 Å². The molecule has 0 rings (SSSR count). The zero-order chi connectivity index (χ0) is 21.6. The van der Waals surface area contributed by atoms with Gasteiger partial charge in [0.15, 0.2) is 0 Å². The van der Waals surface area contributed by atoms with Crippen LogP contribution in [0.3, 0.4) is 0 Å². The average molecular weight is 417 g/mol. The van der Waals surface area contributed by atoms with Gasteiger partial charge in [0.25, 0.3) is 0 Å². The summed E-state index contributed by atoms with van der Waals surface area (Å²) < 4.78 is 25.8. The van der Waals surface area contributed by atoms with Crippen molar-refractivity contribution in [3.63, 3.8) is 0 Å². The summed E-state index contributed by atoms with van der Waals surface area (Å²) in [7, 11) is 1.86. The first-order chi connectivity index (χ1) is 14.1. The summed E-state index contributed by atoms with van der Waals surface area (Å²) in [5, 5.41) is 8.72. The molecule has 0 aromatic rings. The van der Waals surface area contributed by atoms with Crippen LogP contribution < -0.4 is 0 Å². The Labute approximate surface area is 173 Å². The van der Waals surface area contributed by atoms with Crippen LogP contribution in [-0.4, -0.2) is 95.0 Å². The Morgan fingerprint density at radius 2 is 1.28 bits per heavy atom. The van der Waals surface area contributed by atoms with E-state index in [2.05, 4.69) is 0 Å². The Bertz CT molecular complexity index is 467. The van der Waals surface area contributed by atoms with Crippen LogP contribution in [0.2, 0.25) is 0 Å². The molecule has 9 nitrogen and oxygen atoms in total. The molecule has 0 heterocycles. The molecule has 0 radical (unpaired) electrons. The summed E-state index contributed by atoms with van der Waals surface area (Å²) in [5.74, 6) is -0.805. The van der Waals surface area contributed by atoms with Gasteiger partial charge in [-0.15, -0.1) is 0 Å². The van der Waals surface area contributed by atoms with Crippen molar-refractivity contribution in [3.8, 4) is 0 Å². The second-order valence-corrected chi connectivity index (χ2v) is 5.90. The third-order valence-corrected chi connectivity index (χ3v) is 3.37. The molecule has 0 fully saturated rings. The Kier molecular flexibility index (Phi) is 19.4. The van der Waals surface area contributed by atoms with E-state index >= 15 is 0 Å². The minimum absolute atomic E-state index is 0.173. The number of carbonyl (C=O) groups is 2. The molecule has 0 bridgehead atoms. The van der Waals surface area contributed by atoms with Crippen molar-refractivity contribution in [1.29, 1.82) is 0 Å². The first-order valence-electron chi connectivity index (χ1n) is 9.79. The van der Waals surface area contributed by atoms with Crippen LogP contribution in [0.1, 0.15) is 19.8 Å². The molecule has 0 aromatic carbocycles. The first-order valence-corrected chi connectivity index (χ1v) is 9.79. The topological polar surface area (TPSA) is 104 Å². The van der Waals surface area contributed by atoms with Gasteiger partial charge in [-0.3, -0.25) is 0 Å². The van der Waals surface area contributed by atoms with Gasteiger partial charge in [0.1, 0.15) is 13.2 Å². The number of rotatable bonds is 19. The fraction of sp³-hybridized carbons (Fsp3) is 0.700. The Morgan fingerprint density at radius 1 is 0.793 bits per heavy atom. The molecule has 0 aliphatic heterocycles. The van der Waals surface area contributed by atoms with Crippen molar-refractivity contribution < 1.29 is 38.4 Å². The highest BCUT2D eigenvalue weighted by Crippen LogP contribution is 1.93. The lowest BCUT2D eigenvalue weighted by Gasteiger charge is -2.12. The molecule has 0 aromatic heterocycles. The van der Waals surface area contributed by atoms with E-state index in [0.29, 0.717) is 39.6 Å². The number of unbranched alkanes of at least 4 members (excludes halogenated alkanes) is 1. The Hall–Kier alpha value is -1.94. The largest absolute Gasteiger partial charge is 0.460 e. The summed E-state index contributed by atoms with van der Waals surface area (Å²) in [4.78, 5) is 24.4. The van der Waals surface area contributed by atoms with Crippen molar-refractivity contribution in [1.82, 2.24) is 4.90 Å². The van der Waals surface area contributed by atoms with Crippen LogP contribution in [0.25, 0.3) is 0 Å². The average Bonchev–Trinajstić information content (AvgIpc) is 2.70. The van der Waals surface area contributed by atoms with Gasteiger partial charge in [0.2, 0.25) is 0 Å². The van der Waals surface area contributed by atoms with Crippen molar-refractivity contribution >= 4 is 11.9 Å². The van der Waals surface area contributed by atoms with Crippen LogP contribution in [-0.2, 0) is 33.3 Å². The van der Waals surface area contributed by atoms with Crippen LogP contribution in [0, 0.1) is 0 Å². The predicted molar refractivity (Wildman–Crippen MR) is 107 cm³/mol. The zero-order valence-electron chi connectivity index (χ0n) is 17.5. The van der Waals surface area contributed by atoms with Crippen molar-refractivity contribution in [2.75, 3.05) is 73.1 Å². The van der Waals surface area contributed by atoms with E-state index in [1.54, 1.807) is 19.2 Å². The summed E-state index contributed by atoms with van der Waals surface area (Å²) in [6.07, 6.45) is 7.59. The van der Waals surface area contributed by atoms with Crippen molar-refractivity contribution in [2.45, 2.75) is 19.8 Å². The van der Waals surface area contributed by atoms with Gasteiger partial charge in [-0.05, 0) is 19.8 Å². The maximum atomic E-state index is 11.5. The highest BCUT2D eigenvalue weighted by molar-refractivity contribution is 5.82. The molecule has 0 aliphatic rings. The number of esters is 2. The lowest BCUT2D eigenvalue weighted by Crippen LogP contribution is -2.15. The summed E-state index contributed by atoms with van der Waals surface area (Å²) in [6, 6.07) is 0. The number of carbonyl (C=O) groups excluding carboxylic acids is 2. The molecule has 0 saturated carbocycles. The van der Waals surface area contributed by atoms with Gasteiger partial charge < -0.3 is 33.7 Å². The highest BCUT2D eigenvalue weighted by atomic mass is 16.6. The summed E-state index contributed by atoms with van der Waals surface area (Å²) in [5.41, 5.74) is 0. The third-order valence-electron chi connectivity index (χ3n) is 3.37. The maximum absolute atomic E-state index is 11.5. The van der Waals surface area contributed by atoms with E-state index in [-0.39, 0.29) is 25.8 Å². The van der Waals surface area contributed by atoms with Gasteiger partial charge in [-0.25, -0.2) is 9.59 Å². The fourth-order valence-electron chi connectivity index (χ4n) is 1.91. The maximum Gasteiger partial charge on any atom is 0.332 e. The SMILES string of the molecule is C/C=C/C(=O)OCCOCCOCCOCCOC(=O)/C=C/N(C)CCCCO. The molecule has 1 N–H and O–H groups in total. The number of allylic oxidation sites excluding steroid dienone is 1. The van der Waals surface area contributed by atoms with Gasteiger partial charge >= 0.3 is 11.9 Å². The normalized spacial score (nSPS) is 11.3. The van der Waals surface area contributed by atoms with Crippen LogP contribution >= 0.6 is 0 Å². The lowest BCUT2D eigenvalue weighted by molar-refractivity contribution is -0.140. The third kappa shape index (κ3) is 20.6. The molecule has 0 atom stereocenters. The predicted octanol–water partition coefficient (Wildman–Crippen LogP) is 0.917. The second-order valence-electron chi connectivity index (χ2n) is 5.90. The van der Waals surface area contributed by atoms with E-state index in [1.807, 2.05) is 11.9 Å². The number of ether oxygens (including phenoxy) is 5. The van der Waals surface area contributed by atoms with Crippen molar-refractivity contribution in [3.05, 3.63) is 24.4 Å². The minimum atomic E-state index is -0.424. The number of aliphatic hydroxyl groups excluding tert-OH is 1. The van der Waals surface area contributed by atoms with Gasteiger partial charge in [0, 0.05) is 38.6 Å². The molecule has 0 saturated heterocycles. The quantitative estimate of drug-likeness (QED) is 0.187.